The summed E-state index contributed by atoms with van der Waals surface area (Å²) in [5, 5.41) is 6.61. The van der Waals surface area contributed by atoms with Gasteiger partial charge in [0.2, 0.25) is 5.91 Å². The van der Waals surface area contributed by atoms with Crippen molar-refractivity contribution < 1.29 is 28.0 Å². The van der Waals surface area contributed by atoms with E-state index in [1.54, 1.807) is 13.2 Å². The number of aromatic nitrogens is 1. The average Bonchev–Trinajstić information content (AvgIpc) is 3.41. The molecule has 0 spiro atoms. The van der Waals surface area contributed by atoms with Crippen molar-refractivity contribution in [3.63, 3.8) is 0 Å². The van der Waals surface area contributed by atoms with Crippen molar-refractivity contribution in [1.29, 1.82) is 0 Å². The molecule has 1 aromatic carbocycles. The van der Waals surface area contributed by atoms with Crippen LogP contribution in [0.3, 0.4) is 0 Å². The van der Waals surface area contributed by atoms with Gasteiger partial charge in [0.15, 0.2) is 11.5 Å². The molecule has 3 aromatic rings. The second-order valence-corrected chi connectivity index (χ2v) is 6.90. The molecule has 164 valence electrons. The highest BCUT2D eigenvalue weighted by molar-refractivity contribution is 5.92. The molecule has 0 bridgehead atoms. The molecule has 0 radical (unpaired) electrons. The van der Waals surface area contributed by atoms with E-state index >= 15 is 0 Å². The third-order valence-corrected chi connectivity index (χ3v) is 4.51. The van der Waals surface area contributed by atoms with Crippen molar-refractivity contribution in [2.75, 3.05) is 20.8 Å². The third-order valence-electron chi connectivity index (χ3n) is 4.51. The molecular formula is C22H25N3O6. The van der Waals surface area contributed by atoms with Gasteiger partial charge in [0, 0.05) is 19.7 Å². The molecule has 31 heavy (non-hydrogen) atoms. The number of nitrogens with one attached hydrogen (secondary N) is 1. The van der Waals surface area contributed by atoms with Crippen molar-refractivity contribution in [2.24, 2.45) is 0 Å². The highest BCUT2D eigenvalue weighted by Crippen LogP contribution is 2.15. The molecule has 9 heteroatoms. The van der Waals surface area contributed by atoms with Crippen LogP contribution in [-0.4, -0.2) is 42.7 Å². The number of benzene rings is 1. The average molecular weight is 427 g/mol. The third kappa shape index (κ3) is 6.19. The highest BCUT2D eigenvalue weighted by atomic mass is 16.5. The van der Waals surface area contributed by atoms with Crippen LogP contribution in [0.2, 0.25) is 0 Å². The van der Waals surface area contributed by atoms with Gasteiger partial charge in [0.25, 0.3) is 5.91 Å². The van der Waals surface area contributed by atoms with E-state index in [1.165, 1.54) is 18.1 Å². The zero-order valence-electron chi connectivity index (χ0n) is 17.7. The number of carbonyl (C=O) groups excluding carboxylic acids is 2. The summed E-state index contributed by atoms with van der Waals surface area (Å²) in [6.45, 7) is 2.46. The molecule has 1 N–H and O–H groups in total. The van der Waals surface area contributed by atoms with E-state index in [0.29, 0.717) is 18.1 Å². The number of methoxy groups -OCH3 is 2. The number of furan rings is 1. The standard InChI is InChI=1S/C22H25N3O6/c1-15-4-7-18(30-15)12-25(21(26)14-28-2)13-19-10-20(24-31-19)22(27)23-11-16-5-8-17(29-3)9-6-16/h4-10H,11-14H2,1-3H3,(H,23,27). The van der Waals surface area contributed by atoms with Crippen molar-refractivity contribution in [3.8, 4) is 5.75 Å². The van der Waals surface area contributed by atoms with Crippen molar-refractivity contribution in [2.45, 2.75) is 26.6 Å². The Bertz CT molecular complexity index is 1010. The first-order chi connectivity index (χ1) is 15.0. The summed E-state index contributed by atoms with van der Waals surface area (Å²) in [5.74, 6) is 1.90. The van der Waals surface area contributed by atoms with E-state index in [4.69, 9.17) is 18.4 Å². The van der Waals surface area contributed by atoms with Gasteiger partial charge in [-0.15, -0.1) is 0 Å². The van der Waals surface area contributed by atoms with Crippen LogP contribution in [0, 0.1) is 6.92 Å². The van der Waals surface area contributed by atoms with Crippen LogP contribution in [0.15, 0.2) is 51.4 Å². The number of nitrogens with zero attached hydrogens (tertiary/aromatic N) is 2. The molecule has 0 atom stereocenters. The van der Waals surface area contributed by atoms with Crippen LogP contribution >= 0.6 is 0 Å². The van der Waals surface area contributed by atoms with Crippen molar-refractivity contribution >= 4 is 11.8 Å². The first kappa shape index (κ1) is 22.1. The summed E-state index contributed by atoms with van der Waals surface area (Å²) >= 11 is 0. The molecule has 0 saturated heterocycles. The maximum absolute atomic E-state index is 12.4. The lowest BCUT2D eigenvalue weighted by molar-refractivity contribution is -0.137. The molecule has 0 saturated carbocycles. The van der Waals surface area contributed by atoms with E-state index in [9.17, 15) is 9.59 Å². The maximum Gasteiger partial charge on any atom is 0.273 e. The van der Waals surface area contributed by atoms with Gasteiger partial charge in [-0.1, -0.05) is 17.3 Å². The minimum atomic E-state index is -0.373. The van der Waals surface area contributed by atoms with Gasteiger partial charge >= 0.3 is 0 Å². The monoisotopic (exact) mass is 427 g/mol. The first-order valence-corrected chi connectivity index (χ1v) is 9.67. The lowest BCUT2D eigenvalue weighted by atomic mass is 10.2. The van der Waals surface area contributed by atoms with Crippen LogP contribution in [0.25, 0.3) is 0 Å². The number of aryl methyl sites for hydroxylation is 1. The Balaban J connectivity index is 1.61. The minimum Gasteiger partial charge on any atom is -0.497 e. The maximum atomic E-state index is 12.4. The first-order valence-electron chi connectivity index (χ1n) is 9.67. The van der Waals surface area contributed by atoms with Crippen LogP contribution in [0.5, 0.6) is 5.75 Å². The van der Waals surface area contributed by atoms with E-state index in [-0.39, 0.29) is 37.2 Å². The highest BCUT2D eigenvalue weighted by Gasteiger charge is 2.20. The number of rotatable bonds is 10. The fourth-order valence-electron chi connectivity index (χ4n) is 2.90. The van der Waals surface area contributed by atoms with Gasteiger partial charge in [-0.3, -0.25) is 9.59 Å². The quantitative estimate of drug-likeness (QED) is 0.530. The summed E-state index contributed by atoms with van der Waals surface area (Å²) in [6, 6.07) is 12.5. The molecule has 2 heterocycles. The zero-order valence-corrected chi connectivity index (χ0v) is 17.7. The molecule has 2 aromatic heterocycles. The molecule has 0 aliphatic heterocycles. The van der Waals surface area contributed by atoms with Crippen LogP contribution in [0.1, 0.15) is 33.3 Å². The number of hydrogen-bond donors (Lipinski definition) is 1. The van der Waals surface area contributed by atoms with Crippen LogP contribution in [0.4, 0.5) is 0 Å². The lowest BCUT2D eigenvalue weighted by Gasteiger charge is -2.19. The lowest BCUT2D eigenvalue weighted by Crippen LogP contribution is -2.32. The van der Waals surface area contributed by atoms with Crippen LogP contribution in [-0.2, 0) is 29.2 Å². The van der Waals surface area contributed by atoms with Gasteiger partial charge < -0.3 is 28.6 Å². The summed E-state index contributed by atoms with van der Waals surface area (Å²) in [7, 11) is 3.05. The largest absolute Gasteiger partial charge is 0.497 e. The Kier molecular flexibility index (Phi) is 7.45. The SMILES string of the molecule is COCC(=O)N(Cc1cc(C(=O)NCc2ccc(OC)cc2)no1)Cc1ccc(C)o1. The molecule has 0 unspecified atom stereocenters. The fraction of sp³-hybridized carbons (Fsp3) is 0.318. The van der Waals surface area contributed by atoms with Gasteiger partial charge in [0.05, 0.1) is 20.2 Å². The second kappa shape index (κ2) is 10.4. The van der Waals surface area contributed by atoms with Crippen molar-refractivity contribution in [3.05, 3.63) is 71.0 Å². The Morgan fingerprint density at radius 1 is 1.06 bits per heavy atom. The molecule has 0 aliphatic rings. The van der Waals surface area contributed by atoms with Gasteiger partial charge in [-0.2, -0.15) is 0 Å². The number of ether oxygens (including phenoxy) is 2. The van der Waals surface area contributed by atoms with Gasteiger partial charge in [-0.05, 0) is 36.8 Å². The summed E-state index contributed by atoms with van der Waals surface area (Å²) in [5.41, 5.74) is 1.06. The number of amides is 2. The van der Waals surface area contributed by atoms with E-state index in [0.717, 1.165) is 17.1 Å². The number of carbonyl (C=O) groups is 2. The van der Waals surface area contributed by atoms with E-state index < -0.39 is 0 Å². The molecule has 9 nitrogen and oxygen atoms in total. The predicted octanol–water partition coefficient (Wildman–Crippen LogP) is 2.69. The summed E-state index contributed by atoms with van der Waals surface area (Å²) in [6.07, 6.45) is 0. The molecular weight excluding hydrogens is 402 g/mol. The molecule has 0 aliphatic carbocycles. The van der Waals surface area contributed by atoms with E-state index in [1.807, 2.05) is 37.3 Å². The van der Waals surface area contributed by atoms with Crippen molar-refractivity contribution in [1.82, 2.24) is 15.4 Å². The Hall–Kier alpha value is -3.59. The molecule has 0 fully saturated rings. The normalized spacial score (nSPS) is 10.7. The molecule has 3 rings (SSSR count). The van der Waals surface area contributed by atoms with E-state index in [2.05, 4.69) is 10.5 Å². The van der Waals surface area contributed by atoms with Crippen LogP contribution < -0.4 is 10.1 Å². The minimum absolute atomic E-state index is 0.0803. The summed E-state index contributed by atoms with van der Waals surface area (Å²) in [4.78, 5) is 26.3. The Morgan fingerprint density at radius 3 is 2.45 bits per heavy atom. The van der Waals surface area contributed by atoms with Gasteiger partial charge in [0.1, 0.15) is 23.9 Å². The topological polar surface area (TPSA) is 107 Å². The summed E-state index contributed by atoms with van der Waals surface area (Å²) < 4.78 is 20.9. The number of hydrogen-bond acceptors (Lipinski definition) is 7. The fourth-order valence-corrected chi connectivity index (χ4v) is 2.90. The Morgan fingerprint density at radius 2 is 1.81 bits per heavy atom. The second-order valence-electron chi connectivity index (χ2n) is 6.90. The zero-order chi connectivity index (χ0) is 22.2. The van der Waals surface area contributed by atoms with Gasteiger partial charge in [-0.25, -0.2) is 0 Å². The smallest absolute Gasteiger partial charge is 0.273 e. The molecule has 2 amide bonds. The Labute approximate surface area is 179 Å². The predicted molar refractivity (Wildman–Crippen MR) is 110 cm³/mol.